The Morgan fingerprint density at radius 1 is 0.909 bits per heavy atom. The molecule has 60 valence electrons. The highest BCUT2D eigenvalue weighted by atomic mass is 16.3. The summed E-state index contributed by atoms with van der Waals surface area (Å²) in [7, 11) is 0. The molecule has 11 heavy (non-hydrogen) atoms. The van der Waals surface area contributed by atoms with Gasteiger partial charge in [-0.15, -0.1) is 0 Å². The van der Waals surface area contributed by atoms with Crippen LogP contribution in [0.15, 0.2) is 4.42 Å². The fourth-order valence-electron chi connectivity index (χ4n) is 2.04. The lowest BCUT2D eigenvalue weighted by Crippen LogP contribution is -2.00. The van der Waals surface area contributed by atoms with Crippen molar-refractivity contribution in [2.24, 2.45) is 0 Å². The van der Waals surface area contributed by atoms with Crippen molar-refractivity contribution < 1.29 is 4.42 Å². The molecule has 0 aliphatic heterocycles. The van der Waals surface area contributed by atoms with Crippen molar-refractivity contribution in [1.82, 2.24) is 0 Å². The highest BCUT2D eigenvalue weighted by Gasteiger charge is 2.17. The van der Waals surface area contributed by atoms with Crippen molar-refractivity contribution >= 4 is 0 Å². The Kier molecular flexibility index (Phi) is 1.52. The molecule has 1 heteroatoms. The Balaban J connectivity index is 2.52. The fourth-order valence-corrected chi connectivity index (χ4v) is 2.04. The molecule has 1 aliphatic rings. The summed E-state index contributed by atoms with van der Waals surface area (Å²) < 4.78 is 5.57. The molecule has 0 aromatic carbocycles. The zero-order chi connectivity index (χ0) is 7.84. The van der Waals surface area contributed by atoms with Gasteiger partial charge in [-0.25, -0.2) is 0 Å². The number of aryl methyl sites for hydroxylation is 2. The average molecular weight is 150 g/mol. The predicted molar refractivity (Wildman–Crippen MR) is 44.8 cm³/mol. The first-order valence-electron chi connectivity index (χ1n) is 4.37. The van der Waals surface area contributed by atoms with Crippen LogP contribution in [-0.2, 0) is 12.8 Å². The van der Waals surface area contributed by atoms with E-state index in [0.29, 0.717) is 0 Å². The van der Waals surface area contributed by atoms with Gasteiger partial charge in [0.2, 0.25) is 0 Å². The summed E-state index contributed by atoms with van der Waals surface area (Å²) in [5.41, 5.74) is 2.99. The maximum atomic E-state index is 5.57. The Morgan fingerprint density at radius 3 is 1.82 bits per heavy atom. The Labute approximate surface area is 67.4 Å². The minimum atomic E-state index is 1.15. The van der Waals surface area contributed by atoms with Crippen LogP contribution in [-0.4, -0.2) is 0 Å². The van der Waals surface area contributed by atoms with Crippen LogP contribution in [0.4, 0.5) is 0 Å². The molecule has 0 atom stereocenters. The quantitative estimate of drug-likeness (QED) is 0.554. The van der Waals surface area contributed by atoms with Crippen molar-refractivity contribution in [2.75, 3.05) is 0 Å². The summed E-state index contributed by atoms with van der Waals surface area (Å²) in [6, 6.07) is 0. The second kappa shape index (κ2) is 2.40. The molecule has 0 fully saturated rings. The second-order valence-corrected chi connectivity index (χ2v) is 3.38. The van der Waals surface area contributed by atoms with Crippen LogP contribution in [0.2, 0.25) is 0 Å². The summed E-state index contributed by atoms with van der Waals surface area (Å²) >= 11 is 0. The maximum Gasteiger partial charge on any atom is 0.104 e. The van der Waals surface area contributed by atoms with Crippen molar-refractivity contribution in [2.45, 2.75) is 39.5 Å². The fraction of sp³-hybridized carbons (Fsp3) is 0.600. The number of hydrogen-bond donors (Lipinski definition) is 0. The molecule has 0 bridgehead atoms. The van der Waals surface area contributed by atoms with Crippen LogP contribution in [0.25, 0.3) is 0 Å². The van der Waals surface area contributed by atoms with E-state index in [4.69, 9.17) is 4.42 Å². The highest BCUT2D eigenvalue weighted by Crippen LogP contribution is 2.28. The third kappa shape index (κ3) is 0.991. The van der Waals surface area contributed by atoms with E-state index >= 15 is 0 Å². The molecule has 1 aromatic rings. The van der Waals surface area contributed by atoms with Gasteiger partial charge in [0.25, 0.3) is 0 Å². The normalized spacial score (nSPS) is 16.5. The number of furan rings is 1. The summed E-state index contributed by atoms with van der Waals surface area (Å²) in [4.78, 5) is 0. The van der Waals surface area contributed by atoms with Crippen LogP contribution in [0.3, 0.4) is 0 Å². The van der Waals surface area contributed by atoms with Gasteiger partial charge < -0.3 is 4.42 Å². The van der Waals surface area contributed by atoms with Crippen LogP contribution >= 0.6 is 0 Å². The van der Waals surface area contributed by atoms with Crippen molar-refractivity contribution in [3.05, 3.63) is 22.6 Å². The summed E-state index contributed by atoms with van der Waals surface area (Å²) in [6.07, 6.45) is 5.15. The standard InChI is InChI=1S/C10H14O/c1-7-9-5-3-4-6-10(9)8(2)11-7/h3-6H2,1-2H3. The van der Waals surface area contributed by atoms with Gasteiger partial charge in [-0.3, -0.25) is 0 Å². The van der Waals surface area contributed by atoms with E-state index in [9.17, 15) is 0 Å². The molecule has 2 rings (SSSR count). The van der Waals surface area contributed by atoms with Gasteiger partial charge in [-0.1, -0.05) is 0 Å². The van der Waals surface area contributed by atoms with Gasteiger partial charge in [0.15, 0.2) is 0 Å². The largest absolute Gasteiger partial charge is 0.466 e. The number of rotatable bonds is 0. The van der Waals surface area contributed by atoms with Gasteiger partial charge >= 0.3 is 0 Å². The van der Waals surface area contributed by atoms with Crippen LogP contribution < -0.4 is 0 Å². The average Bonchev–Trinajstić information content (AvgIpc) is 2.30. The van der Waals surface area contributed by atoms with Gasteiger partial charge in [0.05, 0.1) is 0 Å². The molecule has 1 aliphatic carbocycles. The summed E-state index contributed by atoms with van der Waals surface area (Å²) in [5, 5.41) is 0. The molecule has 1 heterocycles. The molecule has 0 unspecified atom stereocenters. The van der Waals surface area contributed by atoms with Gasteiger partial charge in [-0.05, 0) is 50.7 Å². The number of hydrogen-bond acceptors (Lipinski definition) is 1. The molecule has 0 radical (unpaired) electrons. The smallest absolute Gasteiger partial charge is 0.104 e. The third-order valence-electron chi connectivity index (χ3n) is 2.62. The van der Waals surface area contributed by atoms with Crippen LogP contribution in [0.5, 0.6) is 0 Å². The van der Waals surface area contributed by atoms with E-state index in [-0.39, 0.29) is 0 Å². The Hall–Kier alpha value is -0.720. The molecule has 1 nitrogen and oxygen atoms in total. The minimum Gasteiger partial charge on any atom is -0.466 e. The lowest BCUT2D eigenvalue weighted by atomic mass is 9.92. The zero-order valence-electron chi connectivity index (χ0n) is 7.24. The van der Waals surface area contributed by atoms with Gasteiger partial charge in [0, 0.05) is 0 Å². The van der Waals surface area contributed by atoms with E-state index in [1.165, 1.54) is 36.8 Å². The first kappa shape index (κ1) is 6.96. The molecular formula is C10H14O. The van der Waals surface area contributed by atoms with Crippen molar-refractivity contribution in [1.29, 1.82) is 0 Å². The third-order valence-corrected chi connectivity index (χ3v) is 2.62. The molecule has 0 amide bonds. The molecule has 0 saturated heterocycles. The van der Waals surface area contributed by atoms with Crippen LogP contribution in [0, 0.1) is 13.8 Å². The van der Waals surface area contributed by atoms with Crippen molar-refractivity contribution in [3.8, 4) is 0 Å². The van der Waals surface area contributed by atoms with Gasteiger partial charge in [0.1, 0.15) is 11.5 Å². The number of fused-ring (bicyclic) bond motifs is 1. The first-order chi connectivity index (χ1) is 5.29. The zero-order valence-corrected chi connectivity index (χ0v) is 7.24. The molecule has 0 spiro atoms. The SMILES string of the molecule is Cc1oc(C)c2c1CCCC2. The Bertz CT molecular complexity index is 244. The summed E-state index contributed by atoms with van der Waals surface area (Å²) in [5.74, 6) is 2.30. The maximum absolute atomic E-state index is 5.57. The first-order valence-corrected chi connectivity index (χ1v) is 4.37. The minimum absolute atomic E-state index is 1.15. The topological polar surface area (TPSA) is 13.1 Å². The molecule has 0 saturated carbocycles. The predicted octanol–water partition coefficient (Wildman–Crippen LogP) is 2.78. The molecule has 1 aromatic heterocycles. The van der Waals surface area contributed by atoms with Gasteiger partial charge in [-0.2, -0.15) is 0 Å². The molecular weight excluding hydrogens is 136 g/mol. The molecule has 0 N–H and O–H groups in total. The van der Waals surface area contributed by atoms with Crippen molar-refractivity contribution in [3.63, 3.8) is 0 Å². The van der Waals surface area contributed by atoms with Crippen LogP contribution in [0.1, 0.15) is 35.5 Å². The van der Waals surface area contributed by atoms with E-state index < -0.39 is 0 Å². The van der Waals surface area contributed by atoms with E-state index in [2.05, 4.69) is 13.8 Å². The highest BCUT2D eigenvalue weighted by molar-refractivity contribution is 5.34. The van der Waals surface area contributed by atoms with E-state index in [1.807, 2.05) is 0 Å². The second-order valence-electron chi connectivity index (χ2n) is 3.38. The monoisotopic (exact) mass is 150 g/mol. The lowest BCUT2D eigenvalue weighted by Gasteiger charge is -2.10. The summed E-state index contributed by atoms with van der Waals surface area (Å²) in [6.45, 7) is 4.16. The van der Waals surface area contributed by atoms with E-state index in [0.717, 1.165) is 11.5 Å². The lowest BCUT2D eigenvalue weighted by molar-refractivity contribution is 0.500. The Morgan fingerprint density at radius 2 is 1.36 bits per heavy atom. The van der Waals surface area contributed by atoms with E-state index in [1.54, 1.807) is 0 Å².